The Morgan fingerprint density at radius 2 is 2.14 bits per heavy atom. The quantitative estimate of drug-likeness (QED) is 0.878. The van der Waals surface area contributed by atoms with Gasteiger partial charge in [0.15, 0.2) is 5.01 Å². The molecule has 0 aliphatic heterocycles. The summed E-state index contributed by atoms with van der Waals surface area (Å²) in [6.07, 6.45) is 4.37. The van der Waals surface area contributed by atoms with Crippen molar-refractivity contribution < 1.29 is 5.11 Å². The number of aliphatic hydroxyl groups excluding tert-OH is 1. The highest BCUT2D eigenvalue weighted by molar-refractivity contribution is 7.18. The van der Waals surface area contributed by atoms with Crippen molar-refractivity contribution in [1.29, 1.82) is 0 Å². The molecule has 1 saturated carbocycles. The average molecular weight is 324 g/mol. The first-order chi connectivity index (χ1) is 10.3. The van der Waals surface area contributed by atoms with Gasteiger partial charge in [-0.05, 0) is 31.2 Å². The topological polar surface area (TPSA) is 58.0 Å². The number of anilines is 1. The molecule has 6 heteroatoms. The first kappa shape index (κ1) is 14.8. The van der Waals surface area contributed by atoms with Gasteiger partial charge >= 0.3 is 0 Å². The lowest BCUT2D eigenvalue weighted by Gasteiger charge is -2.19. The molecule has 1 heterocycles. The summed E-state index contributed by atoms with van der Waals surface area (Å²) in [6, 6.07) is 8.06. The number of halogens is 1. The maximum Gasteiger partial charge on any atom is 0.206 e. The van der Waals surface area contributed by atoms with Crippen molar-refractivity contribution in [3.05, 3.63) is 29.3 Å². The minimum Gasteiger partial charge on any atom is -0.396 e. The Kier molecular flexibility index (Phi) is 4.73. The minimum atomic E-state index is 0.254. The van der Waals surface area contributed by atoms with Crippen LogP contribution in [0.5, 0.6) is 0 Å². The lowest BCUT2D eigenvalue weighted by atomic mass is 10.0. The third-order valence-corrected chi connectivity index (χ3v) is 5.21. The van der Waals surface area contributed by atoms with E-state index in [0.717, 1.165) is 28.5 Å². The predicted octanol–water partition coefficient (Wildman–Crippen LogP) is 3.82. The number of benzene rings is 1. The Morgan fingerprint density at radius 3 is 2.95 bits per heavy atom. The maximum atomic E-state index is 9.13. The number of aliphatic hydroxyl groups is 1. The molecule has 4 nitrogen and oxygen atoms in total. The van der Waals surface area contributed by atoms with Gasteiger partial charge in [-0.2, -0.15) is 0 Å². The number of hydrogen-bond acceptors (Lipinski definition) is 5. The van der Waals surface area contributed by atoms with Crippen LogP contribution in [-0.2, 0) is 0 Å². The highest BCUT2D eigenvalue weighted by Gasteiger charge is 2.27. The summed E-state index contributed by atoms with van der Waals surface area (Å²) >= 11 is 7.72. The number of nitrogens with zero attached hydrogens (tertiary/aromatic N) is 2. The Balaban J connectivity index is 1.72. The van der Waals surface area contributed by atoms with Gasteiger partial charge in [-0.3, -0.25) is 0 Å². The van der Waals surface area contributed by atoms with E-state index < -0.39 is 0 Å². The fourth-order valence-corrected chi connectivity index (χ4v) is 4.05. The van der Waals surface area contributed by atoms with E-state index in [4.69, 9.17) is 16.7 Å². The summed E-state index contributed by atoms with van der Waals surface area (Å²) in [6.45, 7) is 0.254. The molecule has 0 saturated heterocycles. The first-order valence-corrected chi connectivity index (χ1v) is 8.43. The van der Waals surface area contributed by atoms with Crippen LogP contribution in [0.2, 0.25) is 5.02 Å². The van der Waals surface area contributed by atoms with Crippen molar-refractivity contribution in [1.82, 2.24) is 10.2 Å². The van der Waals surface area contributed by atoms with Crippen LogP contribution in [0.25, 0.3) is 10.6 Å². The Morgan fingerprint density at radius 1 is 1.29 bits per heavy atom. The van der Waals surface area contributed by atoms with Crippen LogP contribution in [0.1, 0.15) is 25.7 Å². The van der Waals surface area contributed by atoms with Crippen molar-refractivity contribution >= 4 is 28.1 Å². The van der Waals surface area contributed by atoms with Gasteiger partial charge in [0, 0.05) is 18.2 Å². The Labute approximate surface area is 133 Å². The van der Waals surface area contributed by atoms with Gasteiger partial charge in [0.05, 0.1) is 5.02 Å². The monoisotopic (exact) mass is 323 g/mol. The van der Waals surface area contributed by atoms with E-state index in [1.165, 1.54) is 24.2 Å². The standard InChI is InChI=1S/C15H18ClN3OS/c16-12-6-2-1-5-11(12)14-18-19-15(21-14)17-13-7-3-4-10(13)8-9-20/h1-2,5-6,10,13,20H,3-4,7-9H2,(H,17,19). The summed E-state index contributed by atoms with van der Waals surface area (Å²) in [5.74, 6) is 0.530. The fourth-order valence-electron chi connectivity index (χ4n) is 2.92. The molecule has 1 aromatic heterocycles. The summed E-state index contributed by atoms with van der Waals surface area (Å²) in [5.41, 5.74) is 0.919. The molecule has 2 atom stereocenters. The zero-order valence-electron chi connectivity index (χ0n) is 11.6. The molecule has 2 N–H and O–H groups in total. The highest BCUT2D eigenvalue weighted by atomic mass is 35.5. The van der Waals surface area contributed by atoms with Crippen LogP contribution in [0.15, 0.2) is 24.3 Å². The van der Waals surface area contributed by atoms with Crippen molar-refractivity contribution in [3.8, 4) is 10.6 Å². The molecule has 0 spiro atoms. The third-order valence-electron chi connectivity index (χ3n) is 4.00. The van der Waals surface area contributed by atoms with Crippen LogP contribution in [0.4, 0.5) is 5.13 Å². The molecule has 0 radical (unpaired) electrons. The molecule has 0 bridgehead atoms. The van der Waals surface area contributed by atoms with Gasteiger partial charge in [0.25, 0.3) is 0 Å². The van der Waals surface area contributed by atoms with E-state index in [9.17, 15) is 0 Å². The summed E-state index contributed by atoms with van der Waals surface area (Å²) < 4.78 is 0. The molecule has 2 aromatic rings. The molecule has 1 aromatic carbocycles. The fraction of sp³-hybridized carbons (Fsp3) is 0.467. The Bertz CT molecular complexity index is 604. The number of nitrogens with one attached hydrogen (secondary N) is 1. The molecule has 1 aliphatic carbocycles. The highest BCUT2D eigenvalue weighted by Crippen LogP contribution is 2.35. The van der Waals surface area contributed by atoms with Gasteiger partial charge in [-0.1, -0.05) is 47.6 Å². The maximum absolute atomic E-state index is 9.13. The van der Waals surface area contributed by atoms with Gasteiger partial charge in [0.2, 0.25) is 5.13 Å². The summed E-state index contributed by atoms with van der Waals surface area (Å²) in [4.78, 5) is 0. The van der Waals surface area contributed by atoms with Crippen molar-refractivity contribution in [2.45, 2.75) is 31.7 Å². The van der Waals surface area contributed by atoms with E-state index in [0.29, 0.717) is 17.0 Å². The van der Waals surface area contributed by atoms with Gasteiger partial charge < -0.3 is 10.4 Å². The molecular formula is C15H18ClN3OS. The minimum absolute atomic E-state index is 0.254. The molecule has 1 aliphatic rings. The van der Waals surface area contributed by atoms with Crippen LogP contribution in [-0.4, -0.2) is 28.0 Å². The van der Waals surface area contributed by atoms with Gasteiger partial charge in [0.1, 0.15) is 0 Å². The van der Waals surface area contributed by atoms with E-state index in [2.05, 4.69) is 15.5 Å². The number of rotatable bonds is 5. The smallest absolute Gasteiger partial charge is 0.206 e. The van der Waals surface area contributed by atoms with Gasteiger partial charge in [-0.15, -0.1) is 10.2 Å². The molecule has 3 rings (SSSR count). The van der Waals surface area contributed by atoms with Crippen LogP contribution in [0, 0.1) is 5.92 Å². The first-order valence-electron chi connectivity index (χ1n) is 7.23. The zero-order chi connectivity index (χ0) is 14.7. The summed E-state index contributed by atoms with van der Waals surface area (Å²) in [7, 11) is 0. The average Bonchev–Trinajstić information content (AvgIpc) is 3.11. The molecule has 1 fully saturated rings. The second-order valence-corrected chi connectivity index (χ2v) is 6.73. The molecule has 0 amide bonds. The van der Waals surface area contributed by atoms with E-state index in [1.807, 2.05) is 24.3 Å². The lowest BCUT2D eigenvalue weighted by molar-refractivity contribution is 0.254. The second kappa shape index (κ2) is 6.73. The van der Waals surface area contributed by atoms with Crippen molar-refractivity contribution in [2.24, 2.45) is 5.92 Å². The predicted molar refractivity (Wildman–Crippen MR) is 86.8 cm³/mol. The van der Waals surface area contributed by atoms with Crippen LogP contribution < -0.4 is 5.32 Å². The largest absolute Gasteiger partial charge is 0.396 e. The summed E-state index contributed by atoms with van der Waals surface area (Å²) in [5, 5.41) is 23.4. The SMILES string of the molecule is OCCC1CCCC1Nc1nnc(-c2ccccc2Cl)s1. The van der Waals surface area contributed by atoms with Crippen molar-refractivity contribution in [2.75, 3.05) is 11.9 Å². The zero-order valence-corrected chi connectivity index (χ0v) is 13.2. The van der Waals surface area contributed by atoms with Gasteiger partial charge in [-0.25, -0.2) is 0 Å². The molecule has 21 heavy (non-hydrogen) atoms. The van der Waals surface area contributed by atoms with E-state index in [1.54, 1.807) is 0 Å². The molecular weight excluding hydrogens is 306 g/mol. The normalized spacial score (nSPS) is 21.6. The lowest BCUT2D eigenvalue weighted by Crippen LogP contribution is -2.24. The van der Waals surface area contributed by atoms with Crippen molar-refractivity contribution in [3.63, 3.8) is 0 Å². The van der Waals surface area contributed by atoms with Crippen LogP contribution in [0.3, 0.4) is 0 Å². The van der Waals surface area contributed by atoms with E-state index >= 15 is 0 Å². The molecule has 112 valence electrons. The van der Waals surface area contributed by atoms with E-state index in [-0.39, 0.29) is 6.61 Å². The van der Waals surface area contributed by atoms with Crippen LogP contribution >= 0.6 is 22.9 Å². The second-order valence-electron chi connectivity index (χ2n) is 5.35. The Hall–Kier alpha value is -1.17. The number of hydrogen-bond donors (Lipinski definition) is 2. The third kappa shape index (κ3) is 3.36. The molecule has 2 unspecified atom stereocenters. The number of aromatic nitrogens is 2.